The van der Waals surface area contributed by atoms with E-state index in [0.29, 0.717) is 27.4 Å². The number of hydrogen-bond donors (Lipinski definition) is 1. The number of nitrogens with one attached hydrogen (secondary N) is 1. The number of aromatic amines is 1. The molecule has 0 atom stereocenters. The van der Waals surface area contributed by atoms with Crippen LogP contribution in [0.2, 0.25) is 5.02 Å². The SMILES string of the molecule is CCC(C)(C)c1ccc(OC(=O)CSc2nc(-c3ccc(Cl)cc3)nc3cc(=O)[nH]n23)cc1. The quantitative estimate of drug-likeness (QED) is 0.223. The number of ether oxygens (including phenoxy) is 1. The molecule has 33 heavy (non-hydrogen) atoms. The number of carbonyl (C=O) groups is 1. The number of nitrogens with zero attached hydrogens (tertiary/aromatic N) is 3. The van der Waals surface area contributed by atoms with E-state index in [1.54, 1.807) is 36.4 Å². The third kappa shape index (κ3) is 5.29. The standard InChI is InChI=1S/C24H23ClN4O3S/c1-4-24(2,3)16-7-11-18(12-8-16)32-21(31)14-33-23-27-22(15-5-9-17(25)10-6-15)26-19-13-20(30)28-29(19)23/h5-13H,4,14H2,1-3H3,(H,28,30). The lowest BCUT2D eigenvalue weighted by atomic mass is 9.82. The third-order valence-electron chi connectivity index (χ3n) is 5.50. The largest absolute Gasteiger partial charge is 0.426 e. The predicted molar refractivity (Wildman–Crippen MR) is 130 cm³/mol. The number of thioether (sulfide) groups is 1. The van der Waals surface area contributed by atoms with Gasteiger partial charge in [-0.2, -0.15) is 0 Å². The molecule has 0 aliphatic heterocycles. The van der Waals surface area contributed by atoms with Gasteiger partial charge in [-0.05, 0) is 53.8 Å². The molecule has 0 bridgehead atoms. The highest BCUT2D eigenvalue weighted by atomic mass is 35.5. The number of carbonyl (C=O) groups excluding carboxylic acids is 1. The molecule has 0 fully saturated rings. The zero-order valence-corrected chi connectivity index (χ0v) is 20.0. The molecule has 4 aromatic rings. The van der Waals surface area contributed by atoms with E-state index in [0.717, 1.165) is 23.7 Å². The molecule has 0 amide bonds. The zero-order chi connectivity index (χ0) is 23.6. The fourth-order valence-electron chi connectivity index (χ4n) is 3.17. The highest BCUT2D eigenvalue weighted by molar-refractivity contribution is 7.99. The zero-order valence-electron chi connectivity index (χ0n) is 18.5. The number of rotatable bonds is 7. The van der Waals surface area contributed by atoms with Gasteiger partial charge < -0.3 is 4.74 Å². The van der Waals surface area contributed by atoms with Gasteiger partial charge in [-0.3, -0.25) is 14.7 Å². The van der Waals surface area contributed by atoms with Gasteiger partial charge in [0.25, 0.3) is 5.56 Å². The minimum atomic E-state index is -0.420. The fraction of sp³-hybridized carbons (Fsp3) is 0.250. The van der Waals surface area contributed by atoms with Crippen LogP contribution in [0.3, 0.4) is 0 Å². The summed E-state index contributed by atoms with van der Waals surface area (Å²) in [6, 6.07) is 16.0. The first-order chi connectivity index (χ1) is 15.7. The Labute approximate surface area is 200 Å². The number of fused-ring (bicyclic) bond motifs is 1. The van der Waals surface area contributed by atoms with Crippen molar-refractivity contribution in [2.45, 2.75) is 37.8 Å². The van der Waals surface area contributed by atoms with Crippen LogP contribution in [-0.2, 0) is 10.2 Å². The summed E-state index contributed by atoms with van der Waals surface area (Å²) < 4.78 is 6.94. The van der Waals surface area contributed by atoms with Gasteiger partial charge in [0, 0.05) is 16.7 Å². The molecule has 170 valence electrons. The first kappa shape index (κ1) is 23.1. The molecule has 0 saturated carbocycles. The van der Waals surface area contributed by atoms with Crippen molar-refractivity contribution in [3.8, 4) is 17.1 Å². The number of hydrogen-bond acceptors (Lipinski definition) is 6. The minimum absolute atomic E-state index is 0.00852. The van der Waals surface area contributed by atoms with Crippen molar-refractivity contribution in [3.05, 3.63) is 75.5 Å². The summed E-state index contributed by atoms with van der Waals surface area (Å²) in [5.74, 6) is 0.502. The summed E-state index contributed by atoms with van der Waals surface area (Å²) in [5, 5.41) is 3.68. The predicted octanol–water partition coefficient (Wildman–Crippen LogP) is 5.12. The molecular formula is C24H23ClN4O3S. The lowest BCUT2D eigenvalue weighted by Crippen LogP contribution is -2.15. The molecule has 0 radical (unpaired) electrons. The van der Waals surface area contributed by atoms with Crippen molar-refractivity contribution >= 4 is 35.0 Å². The molecule has 9 heteroatoms. The Morgan fingerprint density at radius 2 is 1.82 bits per heavy atom. The third-order valence-corrected chi connectivity index (χ3v) is 6.66. The van der Waals surface area contributed by atoms with Crippen LogP contribution in [0.4, 0.5) is 0 Å². The first-order valence-electron chi connectivity index (χ1n) is 10.4. The van der Waals surface area contributed by atoms with Crippen LogP contribution in [0.25, 0.3) is 17.0 Å². The molecule has 0 aliphatic rings. The molecule has 0 aliphatic carbocycles. The van der Waals surface area contributed by atoms with Crippen LogP contribution in [0.5, 0.6) is 5.75 Å². The van der Waals surface area contributed by atoms with Crippen LogP contribution >= 0.6 is 23.4 Å². The summed E-state index contributed by atoms with van der Waals surface area (Å²) in [5.41, 5.74) is 2.10. The number of H-pyrrole nitrogens is 1. The van der Waals surface area contributed by atoms with E-state index < -0.39 is 5.97 Å². The van der Waals surface area contributed by atoms with E-state index >= 15 is 0 Å². The molecule has 2 aromatic carbocycles. The number of benzene rings is 2. The highest BCUT2D eigenvalue weighted by Crippen LogP contribution is 2.28. The van der Waals surface area contributed by atoms with E-state index in [9.17, 15) is 9.59 Å². The van der Waals surface area contributed by atoms with Gasteiger partial charge >= 0.3 is 5.97 Å². The van der Waals surface area contributed by atoms with Crippen LogP contribution in [0.1, 0.15) is 32.8 Å². The van der Waals surface area contributed by atoms with Gasteiger partial charge in [0.15, 0.2) is 16.6 Å². The molecule has 0 spiro atoms. The molecule has 2 aromatic heterocycles. The van der Waals surface area contributed by atoms with Crippen LogP contribution < -0.4 is 10.3 Å². The Balaban J connectivity index is 1.51. The Hall–Kier alpha value is -3.10. The second-order valence-electron chi connectivity index (χ2n) is 8.18. The van der Waals surface area contributed by atoms with E-state index in [2.05, 4.69) is 35.8 Å². The average Bonchev–Trinajstić information content (AvgIpc) is 3.18. The van der Waals surface area contributed by atoms with Gasteiger partial charge in [0.1, 0.15) is 5.75 Å². The summed E-state index contributed by atoms with van der Waals surface area (Å²) >= 11 is 7.13. The van der Waals surface area contributed by atoms with Gasteiger partial charge in [-0.25, -0.2) is 14.5 Å². The second kappa shape index (κ2) is 9.41. The second-order valence-corrected chi connectivity index (χ2v) is 9.55. The normalized spacial score (nSPS) is 11.6. The van der Waals surface area contributed by atoms with Gasteiger partial charge in [0.2, 0.25) is 0 Å². The highest BCUT2D eigenvalue weighted by Gasteiger charge is 2.18. The van der Waals surface area contributed by atoms with Crippen LogP contribution in [0, 0.1) is 0 Å². The van der Waals surface area contributed by atoms with Gasteiger partial charge in [0.05, 0.1) is 5.75 Å². The number of aromatic nitrogens is 4. The Kier molecular flexibility index (Phi) is 6.58. The monoisotopic (exact) mass is 482 g/mol. The summed E-state index contributed by atoms with van der Waals surface area (Å²) in [7, 11) is 0. The fourth-order valence-corrected chi connectivity index (χ4v) is 4.02. The van der Waals surface area contributed by atoms with Gasteiger partial charge in [-0.15, -0.1) is 0 Å². The van der Waals surface area contributed by atoms with E-state index in [4.69, 9.17) is 16.3 Å². The smallest absolute Gasteiger partial charge is 0.321 e. The maximum absolute atomic E-state index is 12.5. The van der Waals surface area contributed by atoms with E-state index in [1.165, 1.54) is 16.1 Å². The number of halogens is 1. The van der Waals surface area contributed by atoms with Crippen molar-refractivity contribution in [3.63, 3.8) is 0 Å². The molecule has 1 N–H and O–H groups in total. The van der Waals surface area contributed by atoms with Crippen molar-refractivity contribution in [1.29, 1.82) is 0 Å². The summed E-state index contributed by atoms with van der Waals surface area (Å²) in [6.07, 6.45) is 1.01. The molecule has 7 nitrogen and oxygen atoms in total. The Morgan fingerprint density at radius 3 is 2.48 bits per heavy atom. The van der Waals surface area contributed by atoms with Gasteiger partial charge in [-0.1, -0.05) is 56.3 Å². The van der Waals surface area contributed by atoms with E-state index in [1.807, 2.05) is 12.1 Å². The van der Waals surface area contributed by atoms with Crippen molar-refractivity contribution < 1.29 is 9.53 Å². The molecule has 4 rings (SSSR count). The topological polar surface area (TPSA) is 89.3 Å². The van der Waals surface area contributed by atoms with Crippen LogP contribution in [0.15, 0.2) is 64.5 Å². The average molecular weight is 483 g/mol. The molecule has 2 heterocycles. The Bertz CT molecular complexity index is 1350. The summed E-state index contributed by atoms with van der Waals surface area (Å²) in [4.78, 5) is 33.3. The van der Waals surface area contributed by atoms with Crippen LogP contribution in [-0.4, -0.2) is 31.3 Å². The van der Waals surface area contributed by atoms with Crippen molar-refractivity contribution in [1.82, 2.24) is 19.6 Å². The maximum Gasteiger partial charge on any atom is 0.321 e. The van der Waals surface area contributed by atoms with E-state index in [-0.39, 0.29) is 16.7 Å². The number of esters is 1. The molecular weight excluding hydrogens is 460 g/mol. The van der Waals surface area contributed by atoms with Crippen molar-refractivity contribution in [2.24, 2.45) is 0 Å². The lowest BCUT2D eigenvalue weighted by Gasteiger charge is -2.23. The summed E-state index contributed by atoms with van der Waals surface area (Å²) in [6.45, 7) is 6.50. The Morgan fingerprint density at radius 1 is 1.12 bits per heavy atom. The molecule has 0 unspecified atom stereocenters. The minimum Gasteiger partial charge on any atom is -0.426 e. The maximum atomic E-state index is 12.5. The lowest BCUT2D eigenvalue weighted by molar-refractivity contribution is -0.131. The van der Waals surface area contributed by atoms with Crippen molar-refractivity contribution in [2.75, 3.05) is 5.75 Å². The first-order valence-corrected chi connectivity index (χ1v) is 11.8. The molecule has 0 saturated heterocycles.